The van der Waals surface area contributed by atoms with Crippen LogP contribution in [0.1, 0.15) is 36.5 Å². The van der Waals surface area contributed by atoms with Crippen LogP contribution in [0.2, 0.25) is 0 Å². The van der Waals surface area contributed by atoms with Gasteiger partial charge in [0.1, 0.15) is 0 Å². The lowest BCUT2D eigenvalue weighted by Gasteiger charge is -2.38. The molecule has 8 heteroatoms. The maximum atomic E-state index is 13.2. The molecule has 4 rings (SSSR count). The second-order valence-electron chi connectivity index (χ2n) is 10.3. The maximum Gasteiger partial charge on any atom is 0.416 e. The first-order valence-corrected chi connectivity index (χ1v) is 12.9. The van der Waals surface area contributed by atoms with Crippen LogP contribution in [0.15, 0.2) is 42.5 Å². The number of piperidine rings is 1. The maximum absolute atomic E-state index is 13.2. The number of nitrogens with one attached hydrogen (secondary N) is 1. The minimum absolute atomic E-state index is 0.0583. The Morgan fingerprint density at radius 2 is 1.61 bits per heavy atom. The van der Waals surface area contributed by atoms with E-state index < -0.39 is 11.7 Å². The van der Waals surface area contributed by atoms with Crippen molar-refractivity contribution in [3.05, 3.63) is 59.2 Å². The summed E-state index contributed by atoms with van der Waals surface area (Å²) in [6.45, 7) is 11.4. The van der Waals surface area contributed by atoms with Crippen LogP contribution >= 0.6 is 0 Å². The summed E-state index contributed by atoms with van der Waals surface area (Å²) in [5.74, 6) is 0.0935. The van der Waals surface area contributed by atoms with Gasteiger partial charge in [-0.05, 0) is 56.5 Å². The molecule has 0 spiro atoms. The number of hydrogen-bond donors (Lipinski definition) is 1. The Morgan fingerprint density at radius 3 is 2.22 bits per heavy atom. The topological polar surface area (TPSA) is 38.8 Å². The van der Waals surface area contributed by atoms with Gasteiger partial charge in [0.2, 0.25) is 5.91 Å². The molecule has 2 aliphatic heterocycles. The van der Waals surface area contributed by atoms with Gasteiger partial charge in [-0.25, -0.2) is 0 Å². The summed E-state index contributed by atoms with van der Waals surface area (Å²) in [7, 11) is 0. The molecule has 2 aromatic carbocycles. The van der Waals surface area contributed by atoms with Crippen molar-refractivity contribution in [2.75, 3.05) is 56.0 Å². The molecule has 5 nitrogen and oxygen atoms in total. The van der Waals surface area contributed by atoms with E-state index >= 15 is 0 Å². The Hall–Kier alpha value is -2.74. The van der Waals surface area contributed by atoms with Gasteiger partial charge in [-0.15, -0.1) is 0 Å². The SMILES string of the molecule is Cc1ccc(N2CCN(CC(C)C(=O)N3CCC(Nc4ccc(C)c(C(F)(F)F)c4)CC3)CC2)cc1. The summed E-state index contributed by atoms with van der Waals surface area (Å²) >= 11 is 0. The van der Waals surface area contributed by atoms with Crippen LogP contribution in [0.25, 0.3) is 0 Å². The minimum Gasteiger partial charge on any atom is -0.382 e. The average molecular weight is 503 g/mol. The van der Waals surface area contributed by atoms with Crippen molar-refractivity contribution in [2.24, 2.45) is 5.92 Å². The molecular formula is C28H37F3N4O. The summed E-state index contributed by atoms with van der Waals surface area (Å²) < 4.78 is 39.7. The first-order valence-electron chi connectivity index (χ1n) is 12.9. The number of amides is 1. The van der Waals surface area contributed by atoms with E-state index in [1.165, 1.54) is 30.3 Å². The number of alkyl halides is 3. The molecule has 2 aliphatic rings. The van der Waals surface area contributed by atoms with Crippen molar-refractivity contribution in [1.82, 2.24) is 9.80 Å². The monoisotopic (exact) mass is 502 g/mol. The van der Waals surface area contributed by atoms with E-state index in [9.17, 15) is 18.0 Å². The summed E-state index contributed by atoms with van der Waals surface area (Å²) in [5, 5.41) is 3.24. The third kappa shape index (κ3) is 6.52. The highest BCUT2D eigenvalue weighted by atomic mass is 19.4. The number of halogens is 3. The molecule has 36 heavy (non-hydrogen) atoms. The number of nitrogens with zero attached hydrogens (tertiary/aromatic N) is 3. The normalized spacial score (nSPS) is 18.8. The Balaban J connectivity index is 1.22. The zero-order valence-electron chi connectivity index (χ0n) is 21.4. The number of rotatable bonds is 6. The van der Waals surface area contributed by atoms with Crippen molar-refractivity contribution in [1.29, 1.82) is 0 Å². The van der Waals surface area contributed by atoms with E-state index in [4.69, 9.17) is 0 Å². The quantitative estimate of drug-likeness (QED) is 0.591. The predicted molar refractivity (Wildman–Crippen MR) is 138 cm³/mol. The van der Waals surface area contributed by atoms with Crippen LogP contribution in [-0.2, 0) is 11.0 Å². The number of carbonyl (C=O) groups excluding carboxylic acids is 1. The molecule has 1 atom stereocenters. The highest BCUT2D eigenvalue weighted by Gasteiger charge is 2.33. The van der Waals surface area contributed by atoms with Crippen molar-refractivity contribution < 1.29 is 18.0 Å². The van der Waals surface area contributed by atoms with Crippen molar-refractivity contribution in [3.8, 4) is 0 Å². The molecule has 2 fully saturated rings. The van der Waals surface area contributed by atoms with E-state index in [1.807, 2.05) is 11.8 Å². The minimum atomic E-state index is -4.36. The largest absolute Gasteiger partial charge is 0.416 e. The first-order chi connectivity index (χ1) is 17.1. The van der Waals surface area contributed by atoms with Crippen LogP contribution in [0.3, 0.4) is 0 Å². The molecule has 0 aliphatic carbocycles. The number of anilines is 2. The molecule has 0 radical (unpaired) electrons. The Labute approximate surface area is 212 Å². The third-order valence-electron chi connectivity index (χ3n) is 7.45. The van der Waals surface area contributed by atoms with Gasteiger partial charge in [-0.1, -0.05) is 30.7 Å². The number of carbonyl (C=O) groups is 1. The average Bonchev–Trinajstić information content (AvgIpc) is 2.85. The van der Waals surface area contributed by atoms with Crippen LogP contribution in [0.4, 0.5) is 24.5 Å². The Kier molecular flexibility index (Phi) is 8.13. The van der Waals surface area contributed by atoms with Crippen molar-refractivity contribution in [3.63, 3.8) is 0 Å². The van der Waals surface area contributed by atoms with Crippen LogP contribution in [0.5, 0.6) is 0 Å². The molecule has 2 aromatic rings. The van der Waals surface area contributed by atoms with Gasteiger partial charge in [0, 0.05) is 69.1 Å². The third-order valence-corrected chi connectivity index (χ3v) is 7.45. The van der Waals surface area contributed by atoms with E-state index in [0.29, 0.717) is 18.8 Å². The number of benzene rings is 2. The number of piperazine rings is 1. The van der Waals surface area contributed by atoms with E-state index in [1.54, 1.807) is 6.07 Å². The second kappa shape index (κ2) is 11.1. The highest BCUT2D eigenvalue weighted by Crippen LogP contribution is 2.34. The van der Waals surface area contributed by atoms with E-state index in [2.05, 4.69) is 46.3 Å². The molecular weight excluding hydrogens is 465 g/mol. The molecule has 1 amide bonds. The Bertz CT molecular complexity index is 1020. The van der Waals surface area contributed by atoms with Gasteiger partial charge >= 0.3 is 6.18 Å². The standard InChI is InChI=1S/C28H37F3N4O/c1-20-4-8-25(9-5-20)34-16-14-33(15-17-34)19-22(3)27(36)35-12-10-23(11-13-35)32-24-7-6-21(2)26(18-24)28(29,30)31/h4-9,18,22-23,32H,10-17,19H2,1-3H3. The summed E-state index contributed by atoms with van der Waals surface area (Å²) in [6.07, 6.45) is -2.91. The fourth-order valence-electron chi connectivity index (χ4n) is 5.22. The van der Waals surface area contributed by atoms with Gasteiger partial charge < -0.3 is 15.1 Å². The van der Waals surface area contributed by atoms with Gasteiger partial charge in [0.05, 0.1) is 5.56 Å². The number of hydrogen-bond acceptors (Lipinski definition) is 4. The fraction of sp³-hybridized carbons (Fsp3) is 0.536. The number of likely N-dealkylation sites (tertiary alicyclic amines) is 1. The van der Waals surface area contributed by atoms with Crippen molar-refractivity contribution in [2.45, 2.75) is 45.8 Å². The van der Waals surface area contributed by atoms with Crippen LogP contribution in [-0.4, -0.2) is 67.6 Å². The zero-order chi connectivity index (χ0) is 25.9. The zero-order valence-corrected chi connectivity index (χ0v) is 21.4. The van der Waals surface area contributed by atoms with Gasteiger partial charge in [-0.2, -0.15) is 13.2 Å². The van der Waals surface area contributed by atoms with Crippen molar-refractivity contribution >= 4 is 17.3 Å². The lowest BCUT2D eigenvalue weighted by molar-refractivity contribution is -0.138. The molecule has 2 heterocycles. The lowest BCUT2D eigenvalue weighted by Crippen LogP contribution is -2.50. The summed E-state index contributed by atoms with van der Waals surface area (Å²) in [6, 6.07) is 13.1. The lowest BCUT2D eigenvalue weighted by atomic mass is 10.0. The Morgan fingerprint density at radius 1 is 0.972 bits per heavy atom. The summed E-state index contributed by atoms with van der Waals surface area (Å²) in [4.78, 5) is 19.8. The molecule has 1 unspecified atom stereocenters. The molecule has 0 aromatic heterocycles. The van der Waals surface area contributed by atoms with Gasteiger partial charge in [0.25, 0.3) is 0 Å². The first kappa shape index (κ1) is 26.3. The molecule has 2 saturated heterocycles. The molecule has 0 saturated carbocycles. The van der Waals surface area contributed by atoms with E-state index in [0.717, 1.165) is 45.6 Å². The van der Waals surface area contributed by atoms with Gasteiger partial charge in [-0.3, -0.25) is 9.69 Å². The van der Waals surface area contributed by atoms with E-state index in [-0.39, 0.29) is 23.4 Å². The second-order valence-corrected chi connectivity index (χ2v) is 10.3. The van der Waals surface area contributed by atoms with Crippen LogP contribution in [0, 0.1) is 19.8 Å². The molecule has 196 valence electrons. The fourth-order valence-corrected chi connectivity index (χ4v) is 5.22. The number of aryl methyl sites for hydroxylation is 2. The molecule has 1 N–H and O–H groups in total. The highest BCUT2D eigenvalue weighted by molar-refractivity contribution is 5.78. The van der Waals surface area contributed by atoms with Crippen LogP contribution < -0.4 is 10.2 Å². The van der Waals surface area contributed by atoms with Gasteiger partial charge in [0.15, 0.2) is 0 Å². The smallest absolute Gasteiger partial charge is 0.382 e. The predicted octanol–water partition coefficient (Wildman–Crippen LogP) is 5.18. The summed E-state index contributed by atoms with van der Waals surface area (Å²) in [5.41, 5.74) is 2.61. The molecule has 0 bridgehead atoms.